The zero-order valence-electron chi connectivity index (χ0n) is 20.5. The highest BCUT2D eigenvalue weighted by molar-refractivity contribution is 5.88. The van der Waals surface area contributed by atoms with E-state index in [9.17, 15) is 9.59 Å². The summed E-state index contributed by atoms with van der Waals surface area (Å²) in [6.45, 7) is 9.65. The van der Waals surface area contributed by atoms with Gasteiger partial charge in [-0.1, -0.05) is 68.4 Å². The molecule has 0 aliphatic carbocycles. The molecule has 0 bridgehead atoms. The maximum Gasteiger partial charge on any atom is 0.243 e. The maximum absolute atomic E-state index is 13.4. The van der Waals surface area contributed by atoms with Crippen LogP contribution in [0.2, 0.25) is 0 Å². The zero-order chi connectivity index (χ0) is 24.2. The minimum absolute atomic E-state index is 0.0349. The highest BCUT2D eigenvalue weighted by Crippen LogP contribution is 2.25. The van der Waals surface area contributed by atoms with Crippen LogP contribution in [0.15, 0.2) is 54.6 Å². The Hall–Kier alpha value is -3.41. The van der Waals surface area contributed by atoms with Crippen LogP contribution in [0.5, 0.6) is 0 Å². The van der Waals surface area contributed by atoms with E-state index in [2.05, 4.69) is 23.5 Å². The van der Waals surface area contributed by atoms with Crippen LogP contribution in [-0.2, 0) is 35.6 Å². The molecule has 0 radical (unpaired) electrons. The summed E-state index contributed by atoms with van der Waals surface area (Å²) in [7, 11) is 0. The molecule has 2 amide bonds. The first-order chi connectivity index (χ1) is 16.3. The van der Waals surface area contributed by atoms with Crippen molar-refractivity contribution in [3.63, 3.8) is 0 Å². The van der Waals surface area contributed by atoms with Crippen molar-refractivity contribution >= 4 is 11.8 Å². The summed E-state index contributed by atoms with van der Waals surface area (Å²) in [6.07, 6.45) is 0.980. The lowest BCUT2D eigenvalue weighted by molar-refractivity contribution is -0.142. The Morgan fingerprint density at radius 2 is 1.71 bits per heavy atom. The fourth-order valence-corrected chi connectivity index (χ4v) is 4.68. The average molecular weight is 459 g/mol. The van der Waals surface area contributed by atoms with Gasteiger partial charge in [0, 0.05) is 37.2 Å². The number of aryl methyl sites for hydroxylation is 1. The normalized spacial score (nSPS) is 15.3. The molecule has 1 aliphatic rings. The monoisotopic (exact) mass is 458 g/mol. The predicted molar refractivity (Wildman–Crippen MR) is 133 cm³/mol. The second kappa shape index (κ2) is 10.2. The van der Waals surface area contributed by atoms with E-state index in [1.165, 1.54) is 5.56 Å². The molecule has 2 aromatic carbocycles. The Balaban J connectivity index is 1.49. The summed E-state index contributed by atoms with van der Waals surface area (Å²) in [5.74, 6) is 0.169. The van der Waals surface area contributed by atoms with Gasteiger partial charge in [0.15, 0.2) is 0 Å². The molecular weight excluding hydrogens is 424 g/mol. The van der Waals surface area contributed by atoms with Crippen molar-refractivity contribution in [2.45, 2.75) is 66.2 Å². The van der Waals surface area contributed by atoms with Crippen molar-refractivity contribution in [1.82, 2.24) is 20.0 Å². The molecule has 34 heavy (non-hydrogen) atoms. The number of nitrogens with one attached hydrogen (secondary N) is 1. The second-order valence-corrected chi connectivity index (χ2v) is 9.62. The Bertz CT molecular complexity index is 1170. The van der Waals surface area contributed by atoms with E-state index >= 15 is 0 Å². The largest absolute Gasteiger partial charge is 0.350 e. The van der Waals surface area contributed by atoms with Crippen LogP contribution >= 0.6 is 0 Å². The third-order valence-corrected chi connectivity index (χ3v) is 6.60. The van der Waals surface area contributed by atoms with Gasteiger partial charge in [-0.3, -0.25) is 14.3 Å². The smallest absolute Gasteiger partial charge is 0.243 e. The van der Waals surface area contributed by atoms with Crippen LogP contribution in [0.3, 0.4) is 0 Å². The van der Waals surface area contributed by atoms with E-state index in [1.54, 1.807) is 4.90 Å². The van der Waals surface area contributed by atoms with Crippen molar-refractivity contribution in [2.75, 3.05) is 0 Å². The van der Waals surface area contributed by atoms with Gasteiger partial charge >= 0.3 is 0 Å². The minimum Gasteiger partial charge on any atom is -0.350 e. The van der Waals surface area contributed by atoms with E-state index in [0.717, 1.165) is 28.1 Å². The highest BCUT2D eigenvalue weighted by atomic mass is 16.2. The van der Waals surface area contributed by atoms with Crippen molar-refractivity contribution in [3.05, 3.63) is 88.2 Å². The van der Waals surface area contributed by atoms with E-state index < -0.39 is 6.04 Å². The highest BCUT2D eigenvalue weighted by Gasteiger charge is 2.34. The van der Waals surface area contributed by atoms with Gasteiger partial charge < -0.3 is 10.2 Å². The number of aromatic nitrogens is 2. The van der Waals surface area contributed by atoms with Crippen LogP contribution < -0.4 is 5.32 Å². The molecule has 4 rings (SSSR count). The van der Waals surface area contributed by atoms with Crippen molar-refractivity contribution in [2.24, 2.45) is 5.92 Å². The van der Waals surface area contributed by atoms with Crippen LogP contribution in [0.1, 0.15) is 53.9 Å². The molecule has 0 saturated heterocycles. The lowest BCUT2D eigenvalue weighted by Gasteiger charge is -2.36. The molecule has 1 aromatic heterocycles. The Morgan fingerprint density at radius 1 is 1.03 bits per heavy atom. The van der Waals surface area contributed by atoms with Crippen LogP contribution in [0.4, 0.5) is 0 Å². The summed E-state index contributed by atoms with van der Waals surface area (Å²) in [5, 5.41) is 7.81. The molecule has 1 unspecified atom stereocenters. The second-order valence-electron chi connectivity index (χ2n) is 9.62. The fourth-order valence-electron chi connectivity index (χ4n) is 4.68. The third-order valence-electron chi connectivity index (χ3n) is 6.60. The van der Waals surface area contributed by atoms with Gasteiger partial charge in [0.05, 0.1) is 12.2 Å². The van der Waals surface area contributed by atoms with Crippen LogP contribution in [0, 0.1) is 19.8 Å². The van der Waals surface area contributed by atoms with E-state index in [1.807, 2.05) is 68.8 Å². The third kappa shape index (κ3) is 5.22. The number of fused-ring (bicyclic) bond motifs is 1. The molecule has 6 heteroatoms. The molecule has 178 valence electrons. The lowest BCUT2D eigenvalue weighted by Crippen LogP contribution is -2.52. The molecule has 1 atom stereocenters. The van der Waals surface area contributed by atoms with Gasteiger partial charge in [-0.2, -0.15) is 5.10 Å². The van der Waals surface area contributed by atoms with Gasteiger partial charge in [0.25, 0.3) is 0 Å². The molecule has 1 N–H and O–H groups in total. The number of carbonyl (C=O) groups excluding carboxylic acids is 2. The summed E-state index contributed by atoms with van der Waals surface area (Å²) in [5.41, 5.74) is 6.43. The summed E-state index contributed by atoms with van der Waals surface area (Å²) in [4.78, 5) is 28.2. The van der Waals surface area contributed by atoms with Gasteiger partial charge in [-0.05, 0) is 36.5 Å². The topological polar surface area (TPSA) is 67.2 Å². The quantitative estimate of drug-likeness (QED) is 0.578. The van der Waals surface area contributed by atoms with Crippen molar-refractivity contribution in [1.29, 1.82) is 0 Å². The number of nitrogens with zero attached hydrogens (tertiary/aromatic N) is 3. The van der Waals surface area contributed by atoms with Crippen LogP contribution in [-0.4, -0.2) is 32.5 Å². The van der Waals surface area contributed by atoms with Crippen molar-refractivity contribution < 1.29 is 9.59 Å². The molecule has 0 spiro atoms. The molecule has 2 heterocycles. The number of amides is 2. The van der Waals surface area contributed by atoms with Crippen molar-refractivity contribution in [3.8, 4) is 0 Å². The molecule has 0 saturated carbocycles. The molecule has 6 nitrogen and oxygen atoms in total. The predicted octanol–water partition coefficient (Wildman–Crippen LogP) is 4.16. The summed E-state index contributed by atoms with van der Waals surface area (Å²) < 4.78 is 1.99. The fraction of sp³-hybridized carbons (Fsp3) is 0.393. The van der Waals surface area contributed by atoms with Gasteiger partial charge in [0.1, 0.15) is 6.04 Å². The first-order valence-corrected chi connectivity index (χ1v) is 12.0. The number of hydrogen-bond acceptors (Lipinski definition) is 3. The van der Waals surface area contributed by atoms with E-state index in [0.29, 0.717) is 32.5 Å². The van der Waals surface area contributed by atoms with Gasteiger partial charge in [0.2, 0.25) is 11.8 Å². The average Bonchev–Trinajstić information content (AvgIpc) is 3.08. The molecule has 3 aromatic rings. The number of benzene rings is 2. The van der Waals surface area contributed by atoms with E-state index in [4.69, 9.17) is 5.10 Å². The first kappa shape index (κ1) is 23.7. The summed E-state index contributed by atoms with van der Waals surface area (Å²) >= 11 is 0. The standard InChI is InChI=1S/C28H34N4O2/c1-19(2)14-27(33)31-18-24-13-9-8-12-23(24)15-26(31)28(34)29-16-25-20(3)30-32(21(25)4)17-22-10-6-5-7-11-22/h5-13,19,26H,14-18H2,1-4H3,(H,29,34). The Morgan fingerprint density at radius 3 is 2.41 bits per heavy atom. The first-order valence-electron chi connectivity index (χ1n) is 12.0. The summed E-state index contributed by atoms with van der Waals surface area (Å²) in [6, 6.07) is 17.8. The number of hydrogen-bond donors (Lipinski definition) is 1. The van der Waals surface area contributed by atoms with E-state index in [-0.39, 0.29) is 17.7 Å². The number of carbonyl (C=O) groups is 2. The minimum atomic E-state index is -0.499. The SMILES string of the molecule is Cc1nn(Cc2ccccc2)c(C)c1CNC(=O)C1Cc2ccccc2CN1C(=O)CC(C)C. The van der Waals surface area contributed by atoms with Crippen LogP contribution in [0.25, 0.3) is 0 Å². The molecule has 0 fully saturated rings. The maximum atomic E-state index is 13.4. The van der Waals surface area contributed by atoms with Gasteiger partial charge in [-0.25, -0.2) is 0 Å². The zero-order valence-corrected chi connectivity index (χ0v) is 20.5. The Kier molecular flexibility index (Phi) is 7.15. The lowest BCUT2D eigenvalue weighted by atomic mass is 9.92. The molecular formula is C28H34N4O2. The van der Waals surface area contributed by atoms with Gasteiger partial charge in [-0.15, -0.1) is 0 Å². The Labute approximate surface area is 202 Å². The molecule has 1 aliphatic heterocycles. The number of rotatable bonds is 7.